The Labute approximate surface area is 68.3 Å². The summed E-state index contributed by atoms with van der Waals surface area (Å²) in [7, 11) is 0. The van der Waals surface area contributed by atoms with E-state index in [9.17, 15) is 0 Å². The van der Waals surface area contributed by atoms with Crippen LogP contribution in [0.3, 0.4) is 0 Å². The van der Waals surface area contributed by atoms with E-state index in [1.165, 1.54) is 0 Å². The number of nitrogens with zero attached hydrogens (tertiary/aromatic N) is 1. The molecule has 50 valence electrons. The second-order valence-corrected chi connectivity index (χ2v) is 3.06. The summed E-state index contributed by atoms with van der Waals surface area (Å²) < 4.78 is 0.733. The molecule has 0 amide bonds. The molecule has 3 heteroatoms. The van der Waals surface area contributed by atoms with E-state index in [0.29, 0.717) is 5.03 Å². The zero-order valence-electron chi connectivity index (χ0n) is 5.06. The highest BCUT2D eigenvalue weighted by Gasteiger charge is 1.75. The molecule has 0 aromatic rings. The molecule has 0 saturated carbocycles. The molecule has 0 aliphatic rings. The Morgan fingerprint density at radius 3 is 2.67 bits per heavy atom. The fourth-order valence-electron chi connectivity index (χ4n) is 0.221. The van der Waals surface area contributed by atoms with Gasteiger partial charge in [-0.1, -0.05) is 18.2 Å². The maximum Gasteiger partial charge on any atom is 0.0410 e. The third kappa shape index (κ3) is 7.92. The normalized spacial score (nSPS) is 12.6. The predicted molar refractivity (Wildman–Crippen MR) is 46.2 cm³/mol. The average molecular weight is 208 g/mol. The monoisotopic (exact) mass is 207 g/mol. The van der Waals surface area contributed by atoms with E-state index in [0.717, 1.165) is 4.48 Å². The summed E-state index contributed by atoms with van der Waals surface area (Å²) in [6, 6.07) is 0. The first kappa shape index (κ1) is 8.92. The summed E-state index contributed by atoms with van der Waals surface area (Å²) in [6.07, 6.45) is 3.12. The molecule has 0 atom stereocenters. The minimum atomic E-state index is 0.653. The third-order valence-electron chi connectivity index (χ3n) is 0.467. The Bertz CT molecular complexity index is 156. The van der Waals surface area contributed by atoms with Crippen molar-refractivity contribution in [2.24, 2.45) is 4.99 Å². The molecule has 0 heterocycles. The summed E-state index contributed by atoms with van der Waals surface area (Å²) in [4.78, 5) is 3.80. The van der Waals surface area contributed by atoms with E-state index in [-0.39, 0.29) is 0 Å². The van der Waals surface area contributed by atoms with Crippen molar-refractivity contribution in [1.29, 1.82) is 0 Å². The van der Waals surface area contributed by atoms with Gasteiger partial charge in [0.05, 0.1) is 0 Å². The maximum atomic E-state index is 5.46. The van der Waals surface area contributed by atoms with E-state index in [1.54, 1.807) is 19.3 Å². The summed E-state index contributed by atoms with van der Waals surface area (Å²) in [5.74, 6) is 0. The average Bonchev–Trinajstić information content (AvgIpc) is 1.63. The van der Waals surface area contributed by atoms with Gasteiger partial charge >= 0.3 is 0 Å². The first-order chi connectivity index (χ1) is 4.13. The molecule has 0 fully saturated rings. The summed E-state index contributed by atoms with van der Waals surface area (Å²) in [5, 5.41) is 0.653. The minimum Gasteiger partial charge on any atom is -0.262 e. The van der Waals surface area contributed by atoms with Crippen LogP contribution in [-0.4, -0.2) is 6.21 Å². The van der Waals surface area contributed by atoms with Gasteiger partial charge in [0, 0.05) is 21.9 Å². The van der Waals surface area contributed by atoms with Crippen LogP contribution >= 0.6 is 27.5 Å². The van der Waals surface area contributed by atoms with Crippen molar-refractivity contribution in [3.63, 3.8) is 0 Å². The lowest BCUT2D eigenvalue weighted by atomic mass is 10.6. The van der Waals surface area contributed by atoms with Gasteiger partial charge in [-0.25, -0.2) is 0 Å². The lowest BCUT2D eigenvalue weighted by Crippen LogP contribution is -1.65. The molecular formula is C6H7BrClN. The summed E-state index contributed by atoms with van der Waals surface area (Å²) in [5.41, 5.74) is 0. The maximum absolute atomic E-state index is 5.46. The van der Waals surface area contributed by atoms with Gasteiger partial charge in [0.2, 0.25) is 0 Å². The molecule has 0 N–H and O–H groups in total. The molecule has 0 radical (unpaired) electrons. The molecule has 1 nitrogen and oxygen atoms in total. The summed E-state index contributed by atoms with van der Waals surface area (Å²) >= 11 is 8.57. The van der Waals surface area contributed by atoms with Crippen LogP contribution < -0.4 is 0 Å². The van der Waals surface area contributed by atoms with Crippen molar-refractivity contribution in [3.8, 4) is 0 Å². The third-order valence-corrected chi connectivity index (χ3v) is 0.769. The zero-order valence-corrected chi connectivity index (χ0v) is 7.41. The highest BCUT2D eigenvalue weighted by atomic mass is 79.9. The Morgan fingerprint density at radius 2 is 2.33 bits per heavy atom. The van der Waals surface area contributed by atoms with Gasteiger partial charge in [-0.05, 0) is 22.9 Å². The molecule has 0 saturated heterocycles. The first-order valence-electron chi connectivity index (χ1n) is 2.33. The number of allylic oxidation sites excluding steroid dienone is 2. The van der Waals surface area contributed by atoms with Crippen molar-refractivity contribution >= 4 is 33.7 Å². The van der Waals surface area contributed by atoms with E-state index < -0.39 is 0 Å². The van der Waals surface area contributed by atoms with E-state index >= 15 is 0 Å². The van der Waals surface area contributed by atoms with Crippen LogP contribution in [0, 0.1) is 0 Å². The van der Waals surface area contributed by atoms with E-state index in [1.807, 2.05) is 0 Å². The molecule has 9 heavy (non-hydrogen) atoms. The van der Waals surface area contributed by atoms with Gasteiger partial charge in [0.25, 0.3) is 0 Å². The van der Waals surface area contributed by atoms with Crippen LogP contribution in [0.2, 0.25) is 0 Å². The molecule has 0 unspecified atom stereocenters. The summed E-state index contributed by atoms with van der Waals surface area (Å²) in [6.45, 7) is 5.31. The zero-order chi connectivity index (χ0) is 7.28. The first-order valence-corrected chi connectivity index (χ1v) is 3.50. The Morgan fingerprint density at radius 1 is 1.78 bits per heavy atom. The number of rotatable bonds is 2. The van der Waals surface area contributed by atoms with E-state index in [4.69, 9.17) is 11.6 Å². The van der Waals surface area contributed by atoms with Crippen molar-refractivity contribution in [2.75, 3.05) is 0 Å². The Kier molecular flexibility index (Phi) is 4.72. The molecule has 0 aromatic carbocycles. The van der Waals surface area contributed by atoms with Gasteiger partial charge in [0.15, 0.2) is 0 Å². The quantitative estimate of drug-likeness (QED) is 0.619. The largest absolute Gasteiger partial charge is 0.262 e. The Hall–Kier alpha value is -0.0800. The molecule has 0 rings (SSSR count). The molecule has 0 aromatic heterocycles. The second kappa shape index (κ2) is 4.77. The van der Waals surface area contributed by atoms with Crippen molar-refractivity contribution < 1.29 is 0 Å². The second-order valence-electron chi connectivity index (χ2n) is 1.44. The van der Waals surface area contributed by atoms with Crippen molar-refractivity contribution in [1.82, 2.24) is 0 Å². The van der Waals surface area contributed by atoms with Gasteiger partial charge in [0.1, 0.15) is 0 Å². The minimum absolute atomic E-state index is 0.653. The van der Waals surface area contributed by atoms with Crippen molar-refractivity contribution in [2.45, 2.75) is 6.92 Å². The number of hydrogen-bond donors (Lipinski definition) is 0. The van der Waals surface area contributed by atoms with E-state index in [2.05, 4.69) is 27.5 Å². The fourth-order valence-corrected chi connectivity index (χ4v) is 0.395. The number of halogens is 2. The van der Waals surface area contributed by atoms with Gasteiger partial charge in [-0.15, -0.1) is 0 Å². The topological polar surface area (TPSA) is 12.4 Å². The Balaban J connectivity index is 3.74. The highest BCUT2D eigenvalue weighted by Crippen LogP contribution is 1.99. The lowest BCUT2D eigenvalue weighted by molar-refractivity contribution is 1.51. The van der Waals surface area contributed by atoms with Crippen LogP contribution in [0.4, 0.5) is 0 Å². The van der Waals surface area contributed by atoms with Crippen LogP contribution in [0.5, 0.6) is 0 Å². The standard InChI is InChI=1S/C6H7BrClN/c1-5(7)3-9-4-6(2)8/h3-4H,1H2,2H3/b6-4+,9-3?. The molecule has 0 spiro atoms. The van der Waals surface area contributed by atoms with Crippen LogP contribution in [0.25, 0.3) is 0 Å². The predicted octanol–water partition coefficient (Wildman–Crippen LogP) is 3.07. The SMILES string of the molecule is C=C(Br)C=N/C=C(\C)Cl. The van der Waals surface area contributed by atoms with Crippen LogP contribution in [0.15, 0.2) is 27.3 Å². The fraction of sp³-hybridized carbons (Fsp3) is 0.167. The number of hydrogen-bond acceptors (Lipinski definition) is 1. The highest BCUT2D eigenvalue weighted by molar-refractivity contribution is 9.12. The van der Waals surface area contributed by atoms with Crippen LogP contribution in [-0.2, 0) is 0 Å². The van der Waals surface area contributed by atoms with Crippen molar-refractivity contribution in [3.05, 3.63) is 22.3 Å². The number of aliphatic imine (C=N–C) groups is 1. The molecular weight excluding hydrogens is 201 g/mol. The van der Waals surface area contributed by atoms with Gasteiger partial charge in [-0.3, -0.25) is 4.99 Å². The lowest BCUT2D eigenvalue weighted by Gasteiger charge is -1.80. The van der Waals surface area contributed by atoms with Gasteiger partial charge < -0.3 is 0 Å². The molecule has 0 aliphatic carbocycles. The molecule has 0 aliphatic heterocycles. The van der Waals surface area contributed by atoms with Gasteiger partial charge in [-0.2, -0.15) is 0 Å². The van der Waals surface area contributed by atoms with Crippen LogP contribution in [0.1, 0.15) is 6.92 Å². The smallest absolute Gasteiger partial charge is 0.0410 e. The molecule has 0 bridgehead atoms.